The average molecular weight is 2160 g/mol. The van der Waals surface area contributed by atoms with Crippen LogP contribution in [0.3, 0.4) is 0 Å². The number of rotatable bonds is 83. The van der Waals surface area contributed by atoms with Crippen LogP contribution in [0.4, 0.5) is 0 Å². The zero-order chi connectivity index (χ0) is 111. The predicted octanol–water partition coefficient (Wildman–Crippen LogP) is 11.0. The molecule has 0 aromatic carbocycles. The summed E-state index contributed by atoms with van der Waals surface area (Å²) < 4.78 is 100. The van der Waals surface area contributed by atoms with Gasteiger partial charge in [0.05, 0.1) is 32.3 Å². The van der Waals surface area contributed by atoms with Crippen molar-refractivity contribution in [1.29, 1.82) is 5.26 Å². The summed E-state index contributed by atoms with van der Waals surface area (Å²) in [5, 5.41) is 42.3. The fourth-order valence-corrected chi connectivity index (χ4v) is 19.5. The molecule has 860 valence electrons. The highest BCUT2D eigenvalue weighted by molar-refractivity contribution is 7.44. The fourth-order valence-electron chi connectivity index (χ4n) is 17.8. The zero-order valence-electron chi connectivity index (χ0n) is 92.1. The summed E-state index contributed by atoms with van der Waals surface area (Å²) in [5.41, 5.74) is 0. The third kappa shape index (κ3) is 61.8. The van der Waals surface area contributed by atoms with E-state index in [0.717, 1.165) is 154 Å². The molecule has 3 heterocycles. The summed E-state index contributed by atoms with van der Waals surface area (Å²) in [7, 11) is -1.39. The van der Waals surface area contributed by atoms with E-state index in [1.807, 2.05) is 0 Å². The number of aliphatic hydroxyl groups is 1. The molecule has 3 aliphatic heterocycles. The molecule has 3 aliphatic rings. The number of aliphatic hydroxyl groups excluding tert-OH is 1. The first kappa shape index (κ1) is 135. The molecule has 0 aromatic heterocycles. The second kappa shape index (κ2) is 80.8. The summed E-state index contributed by atoms with van der Waals surface area (Å²) in [6, 6.07) is -2.73. The number of nitrogens with zero attached hydrogens (tertiary/aromatic N) is 2. The van der Waals surface area contributed by atoms with E-state index in [0.29, 0.717) is 110 Å². The molecule has 45 heteroatoms. The lowest BCUT2D eigenvalue weighted by atomic mass is 9.96. The summed E-state index contributed by atoms with van der Waals surface area (Å²) >= 11 is 0. The lowest BCUT2D eigenvalue weighted by Crippen LogP contribution is -2.66. The van der Waals surface area contributed by atoms with E-state index in [-0.39, 0.29) is 108 Å². The third-order valence-corrected chi connectivity index (χ3v) is 26.9. The highest BCUT2D eigenvalue weighted by Gasteiger charge is 2.55. The van der Waals surface area contributed by atoms with Crippen LogP contribution in [0.15, 0.2) is 0 Å². The van der Waals surface area contributed by atoms with Gasteiger partial charge in [0.15, 0.2) is 61.8 Å². The predicted molar refractivity (Wildman–Crippen MR) is 550 cm³/mol. The smallest absolute Gasteiger partial charge is 0.303 e. The molecule has 19 atom stereocenters. The van der Waals surface area contributed by atoms with Crippen LogP contribution in [0.5, 0.6) is 0 Å². The quantitative estimate of drug-likeness (QED) is 0.00898. The van der Waals surface area contributed by atoms with Crippen molar-refractivity contribution in [3.8, 4) is 6.07 Å². The molecule has 3 saturated heterocycles. The largest absolute Gasteiger partial charge is 0.463 e. The van der Waals surface area contributed by atoms with E-state index in [9.17, 15) is 87.1 Å². The molecule has 3 rings (SSSR count). The minimum absolute atomic E-state index is 0.0917. The maximum absolute atomic E-state index is 14.7. The van der Waals surface area contributed by atoms with Crippen molar-refractivity contribution in [2.75, 3.05) is 72.5 Å². The maximum atomic E-state index is 14.7. The van der Waals surface area contributed by atoms with Crippen molar-refractivity contribution < 1.29 is 162 Å². The first-order valence-corrected chi connectivity index (χ1v) is 55.6. The maximum Gasteiger partial charge on any atom is 0.303 e. The molecule has 9 N–H and O–H groups in total. The van der Waals surface area contributed by atoms with Gasteiger partial charge in [-0.15, -0.1) is 0 Å². The monoisotopic (exact) mass is 2160 g/mol. The van der Waals surface area contributed by atoms with Crippen molar-refractivity contribution >= 4 is 104 Å². The molecule has 0 aliphatic carbocycles. The molecule has 0 aromatic rings. The van der Waals surface area contributed by atoms with E-state index in [4.69, 9.17) is 80.1 Å². The molecule has 19 unspecified atom stereocenters. The molecule has 0 bridgehead atoms. The Labute approximate surface area is 888 Å². The van der Waals surface area contributed by atoms with Crippen molar-refractivity contribution in [1.82, 2.24) is 47.2 Å². The number of carbonyl (C=O) groups excluding carboxylic acids is 16. The van der Waals surface area contributed by atoms with E-state index in [2.05, 4.69) is 81.0 Å². The molecule has 44 nitrogen and oxygen atoms in total. The normalized spacial score (nSPS) is 21.3. The van der Waals surface area contributed by atoms with Gasteiger partial charge in [-0.1, -0.05) is 148 Å². The van der Waals surface area contributed by atoms with Gasteiger partial charge in [0.2, 0.25) is 47.3 Å². The van der Waals surface area contributed by atoms with Crippen LogP contribution in [0, 0.1) is 11.3 Å². The van der Waals surface area contributed by atoms with Gasteiger partial charge in [-0.3, -0.25) is 76.7 Å². The Balaban J connectivity index is 1.65. The number of unbranched alkanes of at least 4 members (excludes halogenated alkanes) is 29. The number of nitriles is 1. The van der Waals surface area contributed by atoms with E-state index >= 15 is 0 Å². The van der Waals surface area contributed by atoms with Gasteiger partial charge in [0.1, 0.15) is 61.7 Å². The Morgan fingerprint density at radius 1 is 0.327 bits per heavy atom. The standard InChI is InChI=1S/C105H181N10O34P/c1-70(2)115(71(3)4)150(140-66-52-58-106)139-65-51-39-35-45-61-109-101(131)84(53-43-46-59-107-89(128)55-40-32-26-20-17-23-29-36-48-62-133-103-92(110-72(5)116)98(144-81(14)125)95(141-78(11)122)86(147-103)67-136-75(8)119)114-102(132)85(113-91(130)57-42-34-28-22-19-25-31-38-50-64-135-105-94(112-74(7)118)100(146-83(16)127)97(143-80(13)124)88(149-105)69-138-77(10)121)54-44-47-60-108-90(129)56-41-33-27-21-18-24-30-37-49-63-134-104-93(111-73(6)117)99(145-82(15)126)96(142-79(12)123)87(148-104)68-137-76(9)120/h70-71,77,84-88,92-100,103-105,121H,17-57,59-69H2,1-16H3,(H,107,128)(H,108,129)(H,109,131)(H,110,116)(H,111,117)(H,112,118)(H,113,130)(H,114,132). The van der Waals surface area contributed by atoms with Crippen molar-refractivity contribution in [3.05, 3.63) is 0 Å². The molecular weight excluding hydrogens is 1980 g/mol. The second-order valence-corrected chi connectivity index (χ2v) is 40.6. The van der Waals surface area contributed by atoms with Gasteiger partial charge in [0.25, 0.3) is 8.53 Å². The van der Waals surface area contributed by atoms with Crippen LogP contribution in [-0.4, -0.2) is 300 Å². The average Bonchev–Trinajstić information content (AvgIpc) is 0.792. The highest BCUT2D eigenvalue weighted by Crippen LogP contribution is 2.46. The lowest BCUT2D eigenvalue weighted by Gasteiger charge is -2.45. The van der Waals surface area contributed by atoms with E-state index in [1.165, 1.54) is 83.1 Å². The van der Waals surface area contributed by atoms with Crippen LogP contribution in [0.1, 0.15) is 374 Å². The van der Waals surface area contributed by atoms with Crippen molar-refractivity contribution in [2.24, 2.45) is 0 Å². The fraction of sp³-hybridized carbons (Fsp3) is 0.838. The Bertz CT molecular complexity index is 3970. The molecule has 8 amide bonds. The molecular formula is C105H181N10O34P. The Kier molecular flexibility index (Phi) is 72.8. The first-order chi connectivity index (χ1) is 71.6. The number of nitrogens with one attached hydrogen (secondary N) is 8. The molecule has 150 heavy (non-hydrogen) atoms. The number of carbonyl (C=O) groups is 16. The number of amides is 8. The van der Waals surface area contributed by atoms with Crippen LogP contribution in [-0.2, 0) is 157 Å². The molecule has 3 fully saturated rings. The number of hydrogen-bond acceptors (Lipinski definition) is 36. The van der Waals surface area contributed by atoms with Gasteiger partial charge in [0, 0.05) is 147 Å². The Morgan fingerprint density at radius 2 is 0.613 bits per heavy atom. The van der Waals surface area contributed by atoms with Crippen LogP contribution < -0.4 is 42.5 Å². The van der Waals surface area contributed by atoms with Crippen molar-refractivity contribution in [3.63, 3.8) is 0 Å². The highest BCUT2D eigenvalue weighted by atomic mass is 31.2. The zero-order valence-corrected chi connectivity index (χ0v) is 93.0. The van der Waals surface area contributed by atoms with Gasteiger partial charge >= 0.3 is 47.8 Å². The number of esters is 8. The number of ether oxygens (including phenoxy) is 15. The molecule has 0 saturated carbocycles. The van der Waals surface area contributed by atoms with Crippen molar-refractivity contribution in [2.45, 2.75) is 496 Å². The van der Waals surface area contributed by atoms with Gasteiger partial charge in [-0.05, 0) is 125 Å². The van der Waals surface area contributed by atoms with Crippen LogP contribution in [0.2, 0.25) is 0 Å². The Hall–Kier alpha value is -9.00. The minimum Gasteiger partial charge on any atom is -0.463 e. The molecule has 0 radical (unpaired) electrons. The number of hydrogen-bond donors (Lipinski definition) is 9. The summed E-state index contributed by atoms with van der Waals surface area (Å²) in [6.07, 6.45) is 14.2. The summed E-state index contributed by atoms with van der Waals surface area (Å²) in [5.74, 6) is -8.27. The SMILES string of the molecule is CC(=O)NC1C(OCCCCCCCCCCCC(=O)NCCCCC(NC(=O)CCCCCCCCCCCOC2OC(COC(C)O)C(OC(C)=O)C(OC(C)=O)C2NC(C)=O)C(=O)NC(CCCCNC(=O)CCCCCCCCCCCOC2OC(COC(C)=O)C(OC(C)=O)C(OC(C)=O)C2NC(C)=O)C(=O)NCCCCCCOP(OCCC#N)N(C(C)C)C(C)C)OC(COC(C)=O)C(OC(C)=O)C1OC(C)=O. The van der Waals surface area contributed by atoms with E-state index < -0.39 is 190 Å². The second-order valence-electron chi connectivity index (χ2n) is 39.2. The topological polar surface area (TPSA) is 574 Å². The van der Waals surface area contributed by atoms with Gasteiger partial charge < -0.3 is 128 Å². The summed E-state index contributed by atoms with van der Waals surface area (Å²) in [6.45, 7) is 24.5. The first-order valence-electron chi connectivity index (χ1n) is 54.5. The minimum atomic E-state index is -1.39. The van der Waals surface area contributed by atoms with Gasteiger partial charge in [-0.2, -0.15) is 5.26 Å². The third-order valence-electron chi connectivity index (χ3n) is 24.8. The Morgan fingerprint density at radius 3 is 0.933 bits per heavy atom. The van der Waals surface area contributed by atoms with Crippen LogP contribution >= 0.6 is 8.53 Å². The van der Waals surface area contributed by atoms with E-state index in [1.54, 1.807) is 0 Å². The van der Waals surface area contributed by atoms with Crippen LogP contribution in [0.25, 0.3) is 0 Å². The summed E-state index contributed by atoms with van der Waals surface area (Å²) in [4.78, 5) is 204. The molecule has 0 spiro atoms. The lowest BCUT2D eigenvalue weighted by molar-refractivity contribution is -0.284. The van der Waals surface area contributed by atoms with Gasteiger partial charge in [-0.25, -0.2) is 4.67 Å².